The zero-order valence-corrected chi connectivity index (χ0v) is 12.6. The van der Waals surface area contributed by atoms with Crippen molar-refractivity contribution in [3.63, 3.8) is 0 Å². The first-order valence-electron chi connectivity index (χ1n) is 5.61. The van der Waals surface area contributed by atoms with Gasteiger partial charge in [0, 0.05) is 22.5 Å². The lowest BCUT2D eigenvalue weighted by molar-refractivity contribution is 0.589. The molecule has 1 N–H and O–H groups in total. The van der Waals surface area contributed by atoms with E-state index in [-0.39, 0.29) is 0 Å². The molecule has 2 aromatic rings. The summed E-state index contributed by atoms with van der Waals surface area (Å²) in [7, 11) is 0. The minimum absolute atomic E-state index is 0.455. The normalized spacial score (nSPS) is 11.1. The third kappa shape index (κ3) is 3.95. The molecule has 2 rings (SSSR count). The molecule has 1 aromatic heterocycles. The molecule has 3 nitrogen and oxygen atoms in total. The molecular weight excluding hydrogens is 286 g/mol. The first kappa shape index (κ1) is 13.8. The second-order valence-electron chi connectivity index (χ2n) is 4.10. The van der Waals surface area contributed by atoms with E-state index in [0.29, 0.717) is 6.04 Å². The van der Waals surface area contributed by atoms with Gasteiger partial charge < -0.3 is 5.32 Å². The van der Waals surface area contributed by atoms with E-state index in [1.165, 1.54) is 11.5 Å². The van der Waals surface area contributed by atoms with Gasteiger partial charge in [-0.05, 0) is 29.2 Å². The Balaban J connectivity index is 2.05. The third-order valence-electron chi connectivity index (χ3n) is 2.27. The van der Waals surface area contributed by atoms with Gasteiger partial charge in [-0.1, -0.05) is 43.3 Å². The summed E-state index contributed by atoms with van der Waals surface area (Å²) in [6.45, 7) is 5.03. The minimum Gasteiger partial charge on any atom is -0.310 e. The van der Waals surface area contributed by atoms with Crippen molar-refractivity contribution < 1.29 is 0 Å². The molecule has 18 heavy (non-hydrogen) atoms. The number of nitrogens with zero attached hydrogens (tertiary/aromatic N) is 2. The topological polar surface area (TPSA) is 37.8 Å². The molecule has 0 aliphatic rings. The Morgan fingerprint density at radius 2 is 2.28 bits per heavy atom. The van der Waals surface area contributed by atoms with Crippen LogP contribution in [0.2, 0.25) is 5.02 Å². The highest BCUT2D eigenvalue weighted by atomic mass is 35.5. The second-order valence-corrected chi connectivity index (χ2v) is 6.61. The number of benzene rings is 1. The molecule has 0 bridgehead atoms. The highest BCUT2D eigenvalue weighted by molar-refractivity contribution is 8.01. The molecule has 1 aromatic carbocycles. The maximum atomic E-state index is 6.27. The number of nitrogens with one attached hydrogen (secondary N) is 1. The smallest absolute Gasteiger partial charge is 0.174 e. The first-order valence-corrected chi connectivity index (χ1v) is 7.58. The van der Waals surface area contributed by atoms with Crippen LogP contribution in [-0.2, 0) is 6.54 Å². The van der Waals surface area contributed by atoms with Gasteiger partial charge in [-0.25, -0.2) is 4.98 Å². The van der Waals surface area contributed by atoms with Gasteiger partial charge in [0.15, 0.2) is 4.34 Å². The molecule has 96 valence electrons. The van der Waals surface area contributed by atoms with Crippen LogP contribution < -0.4 is 5.32 Å². The van der Waals surface area contributed by atoms with E-state index >= 15 is 0 Å². The number of hydrogen-bond acceptors (Lipinski definition) is 5. The predicted molar refractivity (Wildman–Crippen MR) is 77.5 cm³/mol. The van der Waals surface area contributed by atoms with Gasteiger partial charge in [-0.2, -0.15) is 4.37 Å². The fourth-order valence-corrected chi connectivity index (χ4v) is 3.13. The molecule has 0 spiro atoms. The van der Waals surface area contributed by atoms with Gasteiger partial charge in [-0.15, -0.1) is 0 Å². The van der Waals surface area contributed by atoms with Gasteiger partial charge in [0.1, 0.15) is 6.33 Å². The van der Waals surface area contributed by atoms with E-state index in [1.807, 2.05) is 6.07 Å². The molecule has 0 amide bonds. The van der Waals surface area contributed by atoms with E-state index < -0.39 is 0 Å². The SMILES string of the molecule is CC(C)NCc1ccc(Sc2ncns2)cc1Cl. The van der Waals surface area contributed by atoms with Crippen LogP contribution in [0.3, 0.4) is 0 Å². The number of rotatable bonds is 5. The van der Waals surface area contributed by atoms with Crippen molar-refractivity contribution in [2.75, 3.05) is 0 Å². The highest BCUT2D eigenvalue weighted by Gasteiger charge is 2.05. The fourth-order valence-electron chi connectivity index (χ4n) is 1.36. The predicted octanol–water partition coefficient (Wildman–Crippen LogP) is 3.84. The van der Waals surface area contributed by atoms with Crippen LogP contribution in [0, 0.1) is 0 Å². The lowest BCUT2D eigenvalue weighted by atomic mass is 10.2. The standard InChI is InChI=1S/C12H14ClN3S2/c1-8(2)14-6-9-3-4-10(5-11(9)13)17-12-15-7-16-18-12/h3-5,7-8,14H,6H2,1-2H3. The van der Waals surface area contributed by atoms with Crippen molar-refractivity contribution in [2.24, 2.45) is 0 Å². The van der Waals surface area contributed by atoms with Gasteiger partial charge in [0.2, 0.25) is 0 Å². The van der Waals surface area contributed by atoms with E-state index in [0.717, 1.165) is 26.4 Å². The lowest BCUT2D eigenvalue weighted by Crippen LogP contribution is -2.21. The summed E-state index contributed by atoms with van der Waals surface area (Å²) in [5.41, 5.74) is 1.12. The van der Waals surface area contributed by atoms with Crippen molar-refractivity contribution in [1.29, 1.82) is 0 Å². The van der Waals surface area contributed by atoms with E-state index in [2.05, 4.69) is 40.7 Å². The molecule has 6 heteroatoms. The Morgan fingerprint density at radius 1 is 1.44 bits per heavy atom. The largest absolute Gasteiger partial charge is 0.310 e. The molecule has 1 heterocycles. The van der Waals surface area contributed by atoms with Crippen molar-refractivity contribution in [3.8, 4) is 0 Å². The highest BCUT2D eigenvalue weighted by Crippen LogP contribution is 2.31. The minimum atomic E-state index is 0.455. The van der Waals surface area contributed by atoms with Crippen LogP contribution in [-0.4, -0.2) is 15.4 Å². The van der Waals surface area contributed by atoms with Crippen molar-refractivity contribution in [1.82, 2.24) is 14.7 Å². The monoisotopic (exact) mass is 299 g/mol. The summed E-state index contributed by atoms with van der Waals surface area (Å²) in [5.74, 6) is 0. The van der Waals surface area contributed by atoms with Crippen LogP contribution in [0.25, 0.3) is 0 Å². The molecular formula is C12H14ClN3S2. The van der Waals surface area contributed by atoms with E-state index in [4.69, 9.17) is 11.6 Å². The van der Waals surface area contributed by atoms with Crippen molar-refractivity contribution in [3.05, 3.63) is 35.1 Å². The van der Waals surface area contributed by atoms with Crippen molar-refractivity contribution in [2.45, 2.75) is 35.7 Å². The Morgan fingerprint density at radius 3 is 2.89 bits per heavy atom. The zero-order chi connectivity index (χ0) is 13.0. The molecule has 0 aliphatic heterocycles. The maximum absolute atomic E-state index is 6.27. The molecule has 0 aliphatic carbocycles. The third-order valence-corrected chi connectivity index (χ3v) is 4.33. The average Bonchev–Trinajstić information content (AvgIpc) is 2.80. The van der Waals surface area contributed by atoms with Gasteiger partial charge in [0.25, 0.3) is 0 Å². The average molecular weight is 300 g/mol. The summed E-state index contributed by atoms with van der Waals surface area (Å²) in [5, 5.41) is 4.15. The molecule has 0 atom stereocenters. The summed E-state index contributed by atoms with van der Waals surface area (Å²) in [4.78, 5) is 5.23. The summed E-state index contributed by atoms with van der Waals surface area (Å²) < 4.78 is 4.90. The van der Waals surface area contributed by atoms with Crippen LogP contribution in [0.15, 0.2) is 33.8 Å². The Bertz CT molecular complexity index is 500. The van der Waals surface area contributed by atoms with Crippen LogP contribution >= 0.6 is 34.9 Å². The lowest BCUT2D eigenvalue weighted by Gasteiger charge is -2.10. The summed E-state index contributed by atoms with van der Waals surface area (Å²) in [6, 6.07) is 6.55. The van der Waals surface area contributed by atoms with Gasteiger partial charge in [-0.3, -0.25) is 0 Å². The second kappa shape index (κ2) is 6.52. The number of halogens is 1. The number of aromatic nitrogens is 2. The molecule has 0 saturated heterocycles. The molecule has 0 radical (unpaired) electrons. The first-order chi connectivity index (χ1) is 8.65. The molecule has 0 unspecified atom stereocenters. The van der Waals surface area contributed by atoms with E-state index in [9.17, 15) is 0 Å². The van der Waals surface area contributed by atoms with Crippen LogP contribution in [0.5, 0.6) is 0 Å². The summed E-state index contributed by atoms with van der Waals surface area (Å²) >= 11 is 9.24. The van der Waals surface area contributed by atoms with E-state index in [1.54, 1.807) is 18.1 Å². The maximum Gasteiger partial charge on any atom is 0.174 e. The molecule has 0 fully saturated rings. The van der Waals surface area contributed by atoms with Crippen LogP contribution in [0.4, 0.5) is 0 Å². The quantitative estimate of drug-likeness (QED) is 0.910. The Labute approximate surface area is 120 Å². The van der Waals surface area contributed by atoms with Crippen molar-refractivity contribution >= 4 is 34.9 Å². The van der Waals surface area contributed by atoms with Crippen LogP contribution in [0.1, 0.15) is 19.4 Å². The Hall–Kier alpha value is -0.620. The van der Waals surface area contributed by atoms with Gasteiger partial charge in [0.05, 0.1) is 0 Å². The fraction of sp³-hybridized carbons (Fsp3) is 0.333. The van der Waals surface area contributed by atoms with Gasteiger partial charge >= 0.3 is 0 Å². The summed E-state index contributed by atoms with van der Waals surface area (Å²) in [6.07, 6.45) is 1.57. The Kier molecular flexibility index (Phi) is 5.00. The molecule has 0 saturated carbocycles. The zero-order valence-electron chi connectivity index (χ0n) is 10.2. The number of hydrogen-bond donors (Lipinski definition) is 1.